The Balaban J connectivity index is 1.77. The van der Waals surface area contributed by atoms with Gasteiger partial charge in [-0.1, -0.05) is 44.2 Å². The maximum Gasteiger partial charge on any atom is 0.410 e. The molecule has 1 aromatic rings. The monoisotopic (exact) mass is 319 g/mol. The molecule has 1 saturated heterocycles. The summed E-state index contributed by atoms with van der Waals surface area (Å²) in [6.45, 7) is 6.07. The molecule has 1 aliphatic rings. The third kappa shape index (κ3) is 4.69. The van der Waals surface area contributed by atoms with Gasteiger partial charge in [0, 0.05) is 26.2 Å². The minimum absolute atomic E-state index is 0.0442. The predicted octanol–water partition coefficient (Wildman–Crippen LogP) is 1.45. The fourth-order valence-corrected chi connectivity index (χ4v) is 2.42. The average molecular weight is 319 g/mol. The summed E-state index contributed by atoms with van der Waals surface area (Å²) in [5.74, 6) is 0.0636. The van der Waals surface area contributed by atoms with Crippen LogP contribution in [-0.4, -0.2) is 54.0 Å². The molecule has 1 fully saturated rings. The first-order chi connectivity index (χ1) is 11.0. The number of piperazine rings is 1. The van der Waals surface area contributed by atoms with Crippen molar-refractivity contribution < 1.29 is 14.3 Å². The lowest BCUT2D eigenvalue weighted by atomic mass is 10.0. The molecule has 6 heteroatoms. The summed E-state index contributed by atoms with van der Waals surface area (Å²) < 4.78 is 5.31. The topological polar surface area (TPSA) is 75.9 Å². The molecule has 0 bridgehead atoms. The molecule has 0 radical (unpaired) electrons. The van der Waals surface area contributed by atoms with Crippen molar-refractivity contribution in [3.05, 3.63) is 35.9 Å². The van der Waals surface area contributed by atoms with Crippen molar-refractivity contribution in [1.82, 2.24) is 9.80 Å². The SMILES string of the molecule is CC(C)C(N)C(=O)N1CCN(C(=O)OCc2ccccc2)CC1. The first kappa shape index (κ1) is 17.3. The molecule has 2 N–H and O–H groups in total. The maximum atomic E-state index is 12.2. The second-order valence-corrected chi connectivity index (χ2v) is 6.12. The molecule has 1 atom stereocenters. The molecule has 1 heterocycles. The van der Waals surface area contributed by atoms with E-state index >= 15 is 0 Å². The lowest BCUT2D eigenvalue weighted by Gasteiger charge is -2.35. The fourth-order valence-electron chi connectivity index (χ4n) is 2.42. The van der Waals surface area contributed by atoms with E-state index in [0.717, 1.165) is 5.56 Å². The number of nitrogens with two attached hydrogens (primary N) is 1. The predicted molar refractivity (Wildman–Crippen MR) is 87.6 cm³/mol. The molecule has 2 amide bonds. The summed E-state index contributed by atoms with van der Waals surface area (Å²) in [6.07, 6.45) is -0.339. The molecule has 23 heavy (non-hydrogen) atoms. The van der Waals surface area contributed by atoms with Crippen LogP contribution < -0.4 is 5.73 Å². The van der Waals surface area contributed by atoms with Crippen molar-refractivity contribution in [2.24, 2.45) is 11.7 Å². The van der Waals surface area contributed by atoms with Gasteiger partial charge in [0.25, 0.3) is 0 Å². The molecular weight excluding hydrogens is 294 g/mol. The highest BCUT2D eigenvalue weighted by Crippen LogP contribution is 2.10. The molecule has 0 spiro atoms. The number of nitrogens with zero attached hydrogens (tertiary/aromatic N) is 2. The van der Waals surface area contributed by atoms with E-state index in [2.05, 4.69) is 0 Å². The van der Waals surface area contributed by atoms with Gasteiger partial charge in [0.1, 0.15) is 6.61 Å². The van der Waals surface area contributed by atoms with Crippen LogP contribution in [-0.2, 0) is 16.1 Å². The normalized spacial score (nSPS) is 16.3. The number of hydrogen-bond donors (Lipinski definition) is 1. The smallest absolute Gasteiger partial charge is 0.410 e. The Morgan fingerprint density at radius 1 is 1.09 bits per heavy atom. The number of carbonyl (C=O) groups excluding carboxylic acids is 2. The van der Waals surface area contributed by atoms with Gasteiger partial charge < -0.3 is 20.3 Å². The second kappa shape index (κ2) is 7.97. The number of ether oxygens (including phenoxy) is 1. The minimum Gasteiger partial charge on any atom is -0.445 e. The Bertz CT molecular complexity index is 525. The van der Waals surface area contributed by atoms with Crippen LogP contribution in [0.1, 0.15) is 19.4 Å². The van der Waals surface area contributed by atoms with Crippen molar-refractivity contribution in [3.8, 4) is 0 Å². The summed E-state index contributed by atoms with van der Waals surface area (Å²) in [5, 5.41) is 0. The van der Waals surface area contributed by atoms with E-state index in [1.54, 1.807) is 9.80 Å². The molecular formula is C17H25N3O3. The highest BCUT2D eigenvalue weighted by atomic mass is 16.6. The first-order valence-corrected chi connectivity index (χ1v) is 7.99. The van der Waals surface area contributed by atoms with E-state index < -0.39 is 6.04 Å². The zero-order valence-electron chi connectivity index (χ0n) is 13.8. The maximum absolute atomic E-state index is 12.2. The van der Waals surface area contributed by atoms with Crippen molar-refractivity contribution in [2.45, 2.75) is 26.5 Å². The van der Waals surface area contributed by atoms with E-state index in [9.17, 15) is 9.59 Å². The number of amides is 2. The number of rotatable bonds is 4. The van der Waals surface area contributed by atoms with Gasteiger partial charge in [0.2, 0.25) is 5.91 Å². The molecule has 0 saturated carbocycles. The van der Waals surface area contributed by atoms with Crippen LogP contribution in [0, 0.1) is 5.92 Å². The van der Waals surface area contributed by atoms with E-state index in [4.69, 9.17) is 10.5 Å². The average Bonchev–Trinajstić information content (AvgIpc) is 2.59. The highest BCUT2D eigenvalue weighted by Gasteiger charge is 2.28. The van der Waals surface area contributed by atoms with Crippen LogP contribution >= 0.6 is 0 Å². The quantitative estimate of drug-likeness (QED) is 0.911. The van der Waals surface area contributed by atoms with Gasteiger partial charge >= 0.3 is 6.09 Å². The van der Waals surface area contributed by atoms with Crippen LogP contribution in [0.3, 0.4) is 0 Å². The van der Waals surface area contributed by atoms with Gasteiger partial charge in [-0.2, -0.15) is 0 Å². The van der Waals surface area contributed by atoms with E-state index in [1.165, 1.54) is 0 Å². The van der Waals surface area contributed by atoms with Crippen LogP contribution in [0.4, 0.5) is 4.79 Å². The van der Waals surface area contributed by atoms with E-state index in [0.29, 0.717) is 26.2 Å². The van der Waals surface area contributed by atoms with Gasteiger partial charge in [0.15, 0.2) is 0 Å². The van der Waals surface area contributed by atoms with Crippen molar-refractivity contribution in [1.29, 1.82) is 0 Å². The molecule has 1 aliphatic heterocycles. The summed E-state index contributed by atoms with van der Waals surface area (Å²) in [6, 6.07) is 9.08. The molecule has 2 rings (SSSR count). The third-order valence-electron chi connectivity index (χ3n) is 4.06. The first-order valence-electron chi connectivity index (χ1n) is 7.99. The van der Waals surface area contributed by atoms with Crippen molar-refractivity contribution in [3.63, 3.8) is 0 Å². The lowest BCUT2D eigenvalue weighted by molar-refractivity contribution is -0.135. The van der Waals surface area contributed by atoms with Gasteiger partial charge in [-0.3, -0.25) is 4.79 Å². The zero-order chi connectivity index (χ0) is 16.8. The van der Waals surface area contributed by atoms with Crippen LogP contribution in [0.15, 0.2) is 30.3 Å². The lowest BCUT2D eigenvalue weighted by Crippen LogP contribution is -2.55. The molecule has 0 aliphatic carbocycles. The molecule has 126 valence electrons. The van der Waals surface area contributed by atoms with Gasteiger partial charge in [0.05, 0.1) is 6.04 Å². The molecule has 0 aromatic heterocycles. The Hall–Kier alpha value is -2.08. The summed E-state index contributed by atoms with van der Waals surface area (Å²) in [7, 11) is 0. The van der Waals surface area contributed by atoms with Crippen molar-refractivity contribution >= 4 is 12.0 Å². The number of hydrogen-bond acceptors (Lipinski definition) is 4. The standard InChI is InChI=1S/C17H25N3O3/c1-13(2)15(18)16(21)19-8-10-20(11-9-19)17(22)23-12-14-6-4-3-5-7-14/h3-7,13,15H,8-12,18H2,1-2H3. The molecule has 1 aromatic carbocycles. The van der Waals surface area contributed by atoms with Crippen LogP contribution in [0.2, 0.25) is 0 Å². The molecule has 1 unspecified atom stereocenters. The van der Waals surface area contributed by atoms with Crippen LogP contribution in [0.5, 0.6) is 0 Å². The third-order valence-corrected chi connectivity index (χ3v) is 4.06. The largest absolute Gasteiger partial charge is 0.445 e. The van der Waals surface area contributed by atoms with Gasteiger partial charge in [-0.05, 0) is 11.5 Å². The summed E-state index contributed by atoms with van der Waals surface area (Å²) in [5.41, 5.74) is 6.86. The Morgan fingerprint density at radius 3 is 2.22 bits per heavy atom. The van der Waals surface area contributed by atoms with Crippen molar-refractivity contribution in [2.75, 3.05) is 26.2 Å². The molecule has 6 nitrogen and oxygen atoms in total. The highest BCUT2D eigenvalue weighted by molar-refractivity contribution is 5.82. The Labute approximate surface area is 137 Å². The van der Waals surface area contributed by atoms with Gasteiger partial charge in [-0.15, -0.1) is 0 Å². The van der Waals surface area contributed by atoms with Crippen LogP contribution in [0.25, 0.3) is 0 Å². The Morgan fingerprint density at radius 2 is 1.65 bits per heavy atom. The van der Waals surface area contributed by atoms with E-state index in [-0.39, 0.29) is 24.5 Å². The number of benzene rings is 1. The minimum atomic E-state index is -0.480. The Kier molecular flexibility index (Phi) is 5.98. The summed E-state index contributed by atoms with van der Waals surface area (Å²) in [4.78, 5) is 27.6. The fraction of sp³-hybridized carbons (Fsp3) is 0.529. The van der Waals surface area contributed by atoms with E-state index in [1.807, 2.05) is 44.2 Å². The number of carbonyl (C=O) groups is 2. The summed E-state index contributed by atoms with van der Waals surface area (Å²) >= 11 is 0. The second-order valence-electron chi connectivity index (χ2n) is 6.12. The van der Waals surface area contributed by atoms with Gasteiger partial charge in [-0.25, -0.2) is 4.79 Å². The zero-order valence-corrected chi connectivity index (χ0v) is 13.8.